The lowest BCUT2D eigenvalue weighted by Crippen LogP contribution is -2.28. The smallest absolute Gasteiger partial charge is 0.123 e. The summed E-state index contributed by atoms with van der Waals surface area (Å²) >= 11 is 0. The number of hydrogen-bond acceptors (Lipinski definition) is 2. The van der Waals surface area contributed by atoms with E-state index < -0.39 is 0 Å². The molecule has 2 nitrogen and oxygen atoms in total. The maximum absolute atomic E-state index is 14.1. The van der Waals surface area contributed by atoms with Crippen LogP contribution in [0.5, 0.6) is 0 Å². The molecule has 0 N–H and O–H groups in total. The van der Waals surface area contributed by atoms with Gasteiger partial charge in [0, 0.05) is 12.5 Å². The van der Waals surface area contributed by atoms with Crippen molar-refractivity contribution in [1.29, 1.82) is 0 Å². The van der Waals surface area contributed by atoms with Crippen LogP contribution < -0.4 is 0 Å². The number of aliphatic imine (C=N–C) groups is 1. The molecule has 0 amide bonds. The van der Waals surface area contributed by atoms with Gasteiger partial charge in [-0.15, -0.1) is 0 Å². The first kappa shape index (κ1) is 23.9. The van der Waals surface area contributed by atoms with Crippen LogP contribution in [0, 0.1) is 11.7 Å². The number of rotatable bonds is 7. The van der Waals surface area contributed by atoms with Crippen LogP contribution in [-0.4, -0.2) is 25.0 Å². The Morgan fingerprint density at radius 3 is 2.77 bits per heavy atom. The van der Waals surface area contributed by atoms with E-state index in [0.29, 0.717) is 12.5 Å². The summed E-state index contributed by atoms with van der Waals surface area (Å²) in [5.41, 5.74) is 7.99. The SMILES string of the molecule is C=CC1=C2CC(c3cccc(F)c3)C=C(COCC3CCCCC3)C2=NC(C2=CC(=C)CC=C2)C1. The molecule has 2 unspecified atom stereocenters. The molecule has 1 aromatic rings. The molecule has 1 aromatic carbocycles. The van der Waals surface area contributed by atoms with Crippen LogP contribution in [0.25, 0.3) is 0 Å². The lowest BCUT2D eigenvalue weighted by molar-refractivity contribution is 0.103. The van der Waals surface area contributed by atoms with Crippen molar-refractivity contribution in [3.8, 4) is 0 Å². The van der Waals surface area contributed by atoms with Gasteiger partial charge >= 0.3 is 0 Å². The van der Waals surface area contributed by atoms with Crippen LogP contribution in [0.3, 0.4) is 0 Å². The summed E-state index contributed by atoms with van der Waals surface area (Å²) in [6.45, 7) is 9.66. The topological polar surface area (TPSA) is 21.6 Å². The first-order valence-electron chi connectivity index (χ1n) is 13.1. The van der Waals surface area contributed by atoms with Gasteiger partial charge in [-0.3, -0.25) is 4.99 Å². The van der Waals surface area contributed by atoms with Gasteiger partial charge in [0.05, 0.1) is 18.4 Å². The molecule has 0 spiro atoms. The summed E-state index contributed by atoms with van der Waals surface area (Å²) in [5, 5.41) is 0. The predicted octanol–water partition coefficient (Wildman–Crippen LogP) is 7.97. The van der Waals surface area contributed by atoms with Crippen molar-refractivity contribution in [3.05, 3.63) is 107 Å². The molecule has 1 aliphatic heterocycles. The van der Waals surface area contributed by atoms with Crippen molar-refractivity contribution in [1.82, 2.24) is 0 Å². The number of fused-ring (bicyclic) bond motifs is 1. The molecule has 1 saturated carbocycles. The van der Waals surface area contributed by atoms with Gasteiger partial charge < -0.3 is 4.74 Å². The van der Waals surface area contributed by atoms with Crippen LogP contribution in [0.4, 0.5) is 4.39 Å². The molecule has 0 radical (unpaired) electrons. The zero-order chi connectivity index (χ0) is 24.2. The number of nitrogens with zero attached hydrogens (tertiary/aromatic N) is 1. The van der Waals surface area contributed by atoms with Crippen LogP contribution in [0.15, 0.2) is 101 Å². The van der Waals surface area contributed by atoms with E-state index in [9.17, 15) is 4.39 Å². The molecule has 4 aliphatic rings. The molecule has 1 fully saturated rings. The highest BCUT2D eigenvalue weighted by atomic mass is 19.1. The number of halogens is 1. The Kier molecular flexibility index (Phi) is 7.43. The molecule has 1 heterocycles. The summed E-state index contributed by atoms with van der Waals surface area (Å²) in [6, 6.07) is 7.05. The zero-order valence-electron chi connectivity index (χ0n) is 20.6. The van der Waals surface area contributed by atoms with E-state index in [1.54, 1.807) is 12.1 Å². The molecule has 3 aliphatic carbocycles. The monoisotopic (exact) mass is 469 g/mol. The summed E-state index contributed by atoms with van der Waals surface area (Å²) in [5.74, 6) is 0.576. The van der Waals surface area contributed by atoms with Gasteiger partial charge in [0.1, 0.15) is 5.82 Å². The molecule has 182 valence electrons. The average molecular weight is 470 g/mol. The largest absolute Gasteiger partial charge is 0.376 e. The fourth-order valence-corrected chi connectivity index (χ4v) is 5.92. The van der Waals surface area contributed by atoms with Crippen molar-refractivity contribution in [3.63, 3.8) is 0 Å². The van der Waals surface area contributed by atoms with E-state index in [1.165, 1.54) is 54.9 Å². The number of hydrogen-bond donors (Lipinski definition) is 0. The third-order valence-electron chi connectivity index (χ3n) is 7.81. The Labute approximate surface area is 209 Å². The predicted molar refractivity (Wildman–Crippen MR) is 143 cm³/mol. The second kappa shape index (κ2) is 10.9. The number of dihydropyridines is 1. The Bertz CT molecular complexity index is 1140. The van der Waals surface area contributed by atoms with E-state index in [1.807, 2.05) is 12.1 Å². The van der Waals surface area contributed by atoms with Crippen LogP contribution >= 0.6 is 0 Å². The number of allylic oxidation sites excluding steroid dienone is 6. The minimum Gasteiger partial charge on any atom is -0.376 e. The lowest BCUT2D eigenvalue weighted by Gasteiger charge is -2.33. The maximum Gasteiger partial charge on any atom is 0.123 e. The Morgan fingerprint density at radius 1 is 1.14 bits per heavy atom. The Balaban J connectivity index is 1.47. The van der Waals surface area contributed by atoms with Gasteiger partial charge in [0.2, 0.25) is 0 Å². The van der Waals surface area contributed by atoms with E-state index in [0.717, 1.165) is 48.3 Å². The standard InChI is InChI=1S/C32H36FNO/c1-3-24-19-31(26-13-7-9-22(2)15-26)34-32-28(21-35-20-23-10-5-4-6-11-23)16-27(18-30(24)32)25-12-8-14-29(33)17-25/h3,7-8,12-17,23,27,31H,1-2,4-6,9-11,18-21H2. The Morgan fingerprint density at radius 2 is 2.00 bits per heavy atom. The highest BCUT2D eigenvalue weighted by Crippen LogP contribution is 2.40. The van der Waals surface area contributed by atoms with Gasteiger partial charge in [0.25, 0.3) is 0 Å². The maximum atomic E-state index is 14.1. The van der Waals surface area contributed by atoms with Gasteiger partial charge in [-0.05, 0) is 78.0 Å². The summed E-state index contributed by atoms with van der Waals surface area (Å²) in [7, 11) is 0. The quantitative estimate of drug-likeness (QED) is 0.397. The first-order chi connectivity index (χ1) is 17.1. The normalized spacial score (nSPS) is 25.1. The highest BCUT2D eigenvalue weighted by Gasteiger charge is 2.32. The second-order valence-corrected chi connectivity index (χ2v) is 10.4. The second-order valence-electron chi connectivity index (χ2n) is 10.4. The first-order valence-corrected chi connectivity index (χ1v) is 13.1. The van der Waals surface area contributed by atoms with Crippen LogP contribution in [-0.2, 0) is 4.74 Å². The fraction of sp³-hybridized carbons (Fsp3) is 0.406. The van der Waals surface area contributed by atoms with Crippen molar-refractivity contribution >= 4 is 5.71 Å². The van der Waals surface area contributed by atoms with Crippen molar-refractivity contribution in [2.75, 3.05) is 13.2 Å². The van der Waals surface area contributed by atoms with Crippen molar-refractivity contribution < 1.29 is 9.13 Å². The molecule has 0 saturated heterocycles. The van der Waals surface area contributed by atoms with Gasteiger partial charge in [-0.25, -0.2) is 4.39 Å². The summed E-state index contributed by atoms with van der Waals surface area (Å²) in [6.07, 6.45) is 19.9. The molecule has 2 atom stereocenters. The van der Waals surface area contributed by atoms with E-state index in [4.69, 9.17) is 9.73 Å². The molecule has 3 heteroatoms. The van der Waals surface area contributed by atoms with E-state index in [2.05, 4.69) is 37.5 Å². The fourth-order valence-electron chi connectivity index (χ4n) is 5.92. The average Bonchev–Trinajstić information content (AvgIpc) is 2.88. The molecule has 0 bridgehead atoms. The highest BCUT2D eigenvalue weighted by molar-refractivity contribution is 6.15. The van der Waals surface area contributed by atoms with Crippen molar-refractivity contribution in [2.24, 2.45) is 10.9 Å². The van der Waals surface area contributed by atoms with E-state index in [-0.39, 0.29) is 17.8 Å². The third kappa shape index (κ3) is 5.56. The number of benzene rings is 1. The third-order valence-corrected chi connectivity index (χ3v) is 7.81. The summed E-state index contributed by atoms with van der Waals surface area (Å²) in [4.78, 5) is 5.28. The van der Waals surface area contributed by atoms with Gasteiger partial charge in [-0.1, -0.05) is 80.5 Å². The van der Waals surface area contributed by atoms with E-state index >= 15 is 0 Å². The zero-order valence-corrected chi connectivity index (χ0v) is 20.6. The van der Waals surface area contributed by atoms with Gasteiger partial charge in [-0.2, -0.15) is 0 Å². The summed E-state index contributed by atoms with van der Waals surface area (Å²) < 4.78 is 20.4. The lowest BCUT2D eigenvalue weighted by atomic mass is 9.76. The Hall–Kier alpha value is -2.78. The molecular formula is C32H36FNO. The molecule has 5 rings (SSSR count). The van der Waals surface area contributed by atoms with Crippen LogP contribution in [0.1, 0.15) is 62.8 Å². The minimum absolute atomic E-state index is 0.0579. The molecule has 0 aromatic heterocycles. The minimum atomic E-state index is -0.191. The van der Waals surface area contributed by atoms with Gasteiger partial charge in [0.15, 0.2) is 0 Å². The molecule has 35 heavy (non-hydrogen) atoms. The molecular weight excluding hydrogens is 433 g/mol. The van der Waals surface area contributed by atoms with Crippen molar-refractivity contribution in [2.45, 2.75) is 63.3 Å². The number of ether oxygens (including phenoxy) is 1. The van der Waals surface area contributed by atoms with Crippen LogP contribution in [0.2, 0.25) is 0 Å².